The minimum atomic E-state index is -0.583. The molecule has 7 nitrogen and oxygen atoms in total. The molecule has 26 heavy (non-hydrogen) atoms. The second-order valence-corrected chi connectivity index (χ2v) is 6.39. The molecule has 0 aliphatic rings. The van der Waals surface area contributed by atoms with Crippen LogP contribution in [0.1, 0.15) is 41.3 Å². The van der Waals surface area contributed by atoms with Crippen LogP contribution in [-0.2, 0) is 4.74 Å². The monoisotopic (exact) mass is 370 g/mol. The minimum absolute atomic E-state index is 0.131. The minimum Gasteiger partial charge on any atom is -0.465 e. The molecule has 1 N–H and O–H groups in total. The first kappa shape index (κ1) is 17.7. The fraction of sp³-hybridized carbons (Fsp3) is 0.222. The van der Waals surface area contributed by atoms with Gasteiger partial charge < -0.3 is 4.74 Å². The quantitative estimate of drug-likeness (QED) is 0.714. The second-order valence-electron chi connectivity index (χ2n) is 5.98. The molecule has 0 saturated carbocycles. The number of hydrogen-bond donors (Lipinski definition) is 1. The lowest BCUT2D eigenvalue weighted by atomic mass is 9.97. The summed E-state index contributed by atoms with van der Waals surface area (Å²) in [4.78, 5) is 29.4. The summed E-state index contributed by atoms with van der Waals surface area (Å²) in [6.07, 6.45) is 1.43. The molecule has 2 heterocycles. The lowest BCUT2D eigenvalue weighted by Gasteiger charge is -2.13. The van der Waals surface area contributed by atoms with Crippen molar-refractivity contribution in [1.82, 2.24) is 14.6 Å². The van der Waals surface area contributed by atoms with Crippen LogP contribution in [0.2, 0.25) is 5.02 Å². The van der Waals surface area contributed by atoms with Gasteiger partial charge in [-0.3, -0.25) is 9.89 Å². The summed E-state index contributed by atoms with van der Waals surface area (Å²) >= 11 is 6.08. The Bertz CT molecular complexity index is 1120. The number of H-pyrrole nitrogens is 1. The first-order chi connectivity index (χ1) is 12.4. The molecule has 0 saturated heterocycles. The third-order valence-corrected chi connectivity index (χ3v) is 4.37. The van der Waals surface area contributed by atoms with E-state index >= 15 is 0 Å². The molecule has 132 valence electrons. The number of carbonyl (C=O) groups is 1. The third-order valence-electron chi connectivity index (χ3n) is 4.04. The van der Waals surface area contributed by atoms with Gasteiger partial charge >= 0.3 is 5.97 Å². The van der Waals surface area contributed by atoms with Crippen molar-refractivity contribution in [3.63, 3.8) is 0 Å². The first-order valence-corrected chi connectivity index (χ1v) is 8.19. The molecular weight excluding hydrogens is 356 g/mol. The van der Waals surface area contributed by atoms with E-state index in [0.29, 0.717) is 16.8 Å². The largest absolute Gasteiger partial charge is 0.465 e. The van der Waals surface area contributed by atoms with E-state index in [1.54, 1.807) is 12.1 Å². The van der Waals surface area contributed by atoms with Crippen LogP contribution in [0.25, 0.3) is 16.9 Å². The summed E-state index contributed by atoms with van der Waals surface area (Å²) in [7, 11) is 1.26. The van der Waals surface area contributed by atoms with Gasteiger partial charge in [0.15, 0.2) is 5.65 Å². The summed E-state index contributed by atoms with van der Waals surface area (Å²) < 4.78 is 5.99. The van der Waals surface area contributed by atoms with Crippen molar-refractivity contribution in [2.75, 3.05) is 7.11 Å². The highest BCUT2D eigenvalue weighted by atomic mass is 35.5. The highest BCUT2D eigenvalue weighted by molar-refractivity contribution is 6.33. The van der Waals surface area contributed by atoms with Crippen LogP contribution >= 0.6 is 11.6 Å². The predicted octanol–water partition coefficient (Wildman–Crippen LogP) is 3.12. The SMILES string of the molecule is COC(=O)c1cc(-c2nc3c(C#N)c[nH]n3c(=O)c2C(C)C)ccc1Cl. The van der Waals surface area contributed by atoms with Crippen LogP contribution in [-0.4, -0.2) is 27.7 Å². The molecule has 0 aliphatic heterocycles. The third kappa shape index (κ3) is 2.74. The van der Waals surface area contributed by atoms with Crippen molar-refractivity contribution < 1.29 is 9.53 Å². The molecule has 0 aliphatic carbocycles. The Morgan fingerprint density at radius 1 is 1.42 bits per heavy atom. The van der Waals surface area contributed by atoms with Crippen LogP contribution in [0.3, 0.4) is 0 Å². The highest BCUT2D eigenvalue weighted by Gasteiger charge is 2.21. The van der Waals surface area contributed by atoms with Gasteiger partial charge in [0.2, 0.25) is 0 Å². The van der Waals surface area contributed by atoms with Gasteiger partial charge in [-0.15, -0.1) is 0 Å². The van der Waals surface area contributed by atoms with Gasteiger partial charge in [0.05, 0.1) is 23.4 Å². The zero-order valence-corrected chi connectivity index (χ0v) is 15.1. The molecular formula is C18H15ClN4O3. The van der Waals surface area contributed by atoms with E-state index in [1.807, 2.05) is 19.9 Å². The number of nitrogens with zero attached hydrogens (tertiary/aromatic N) is 3. The number of aromatic amines is 1. The van der Waals surface area contributed by atoms with E-state index in [0.717, 1.165) is 0 Å². The molecule has 0 unspecified atom stereocenters. The van der Waals surface area contributed by atoms with Crippen molar-refractivity contribution >= 4 is 23.2 Å². The average Bonchev–Trinajstić information content (AvgIpc) is 3.04. The van der Waals surface area contributed by atoms with E-state index in [9.17, 15) is 14.9 Å². The molecule has 0 spiro atoms. The van der Waals surface area contributed by atoms with Crippen LogP contribution < -0.4 is 5.56 Å². The summed E-state index contributed by atoms with van der Waals surface area (Å²) in [5, 5.41) is 12.2. The van der Waals surface area contributed by atoms with Crippen LogP contribution in [0.5, 0.6) is 0 Å². The van der Waals surface area contributed by atoms with Gasteiger partial charge in [-0.1, -0.05) is 31.5 Å². The molecule has 3 aromatic rings. The lowest BCUT2D eigenvalue weighted by Crippen LogP contribution is -2.22. The van der Waals surface area contributed by atoms with E-state index in [4.69, 9.17) is 16.3 Å². The second kappa shape index (κ2) is 6.65. The number of halogens is 1. The van der Waals surface area contributed by atoms with Crippen LogP contribution in [0, 0.1) is 11.3 Å². The molecule has 3 rings (SSSR count). The number of rotatable bonds is 3. The summed E-state index contributed by atoms with van der Waals surface area (Å²) in [5.41, 5.74) is 1.78. The Kier molecular flexibility index (Phi) is 4.53. The molecule has 8 heteroatoms. The number of nitriles is 1. The Hall–Kier alpha value is -3.11. The molecule has 1 aromatic carbocycles. The molecule has 0 amide bonds. The smallest absolute Gasteiger partial charge is 0.339 e. The highest BCUT2D eigenvalue weighted by Crippen LogP contribution is 2.29. The maximum Gasteiger partial charge on any atom is 0.339 e. The lowest BCUT2D eigenvalue weighted by molar-refractivity contribution is 0.0601. The number of aromatic nitrogens is 3. The van der Waals surface area contributed by atoms with E-state index < -0.39 is 5.97 Å². The fourth-order valence-electron chi connectivity index (χ4n) is 2.79. The number of nitrogens with one attached hydrogen (secondary N) is 1. The van der Waals surface area contributed by atoms with Gasteiger partial charge in [0.25, 0.3) is 5.56 Å². The molecule has 0 radical (unpaired) electrons. The van der Waals surface area contributed by atoms with Gasteiger partial charge in [0, 0.05) is 17.3 Å². The molecule has 0 bridgehead atoms. The number of ether oxygens (including phenoxy) is 1. The maximum absolute atomic E-state index is 12.9. The van der Waals surface area contributed by atoms with Crippen molar-refractivity contribution in [3.8, 4) is 17.3 Å². The van der Waals surface area contributed by atoms with Crippen molar-refractivity contribution in [1.29, 1.82) is 5.26 Å². The number of fused-ring (bicyclic) bond motifs is 1. The number of methoxy groups -OCH3 is 1. The summed E-state index contributed by atoms with van der Waals surface area (Å²) in [6, 6.07) is 6.78. The fourth-order valence-corrected chi connectivity index (χ4v) is 2.98. The number of esters is 1. The summed E-state index contributed by atoms with van der Waals surface area (Å²) in [6.45, 7) is 3.75. The number of carbonyl (C=O) groups excluding carboxylic acids is 1. The van der Waals surface area contributed by atoms with Crippen LogP contribution in [0.15, 0.2) is 29.2 Å². The van der Waals surface area contributed by atoms with Gasteiger partial charge in [0.1, 0.15) is 11.6 Å². The van der Waals surface area contributed by atoms with Gasteiger partial charge in [-0.25, -0.2) is 14.3 Å². The topological polar surface area (TPSA) is 100 Å². The van der Waals surface area contributed by atoms with E-state index in [1.165, 1.54) is 23.9 Å². The molecule has 0 atom stereocenters. The summed E-state index contributed by atoms with van der Waals surface area (Å²) in [5.74, 6) is -0.715. The van der Waals surface area contributed by atoms with Gasteiger partial charge in [-0.2, -0.15) is 5.26 Å². The van der Waals surface area contributed by atoms with Crippen LogP contribution in [0.4, 0.5) is 0 Å². The average molecular weight is 371 g/mol. The normalized spacial score (nSPS) is 10.9. The van der Waals surface area contributed by atoms with Crippen molar-refractivity contribution in [2.45, 2.75) is 19.8 Å². The number of hydrogen-bond acceptors (Lipinski definition) is 5. The Morgan fingerprint density at radius 3 is 2.77 bits per heavy atom. The van der Waals surface area contributed by atoms with Crippen molar-refractivity contribution in [2.24, 2.45) is 0 Å². The molecule has 2 aromatic heterocycles. The predicted molar refractivity (Wildman–Crippen MR) is 96.4 cm³/mol. The zero-order chi connectivity index (χ0) is 19.0. The van der Waals surface area contributed by atoms with Crippen molar-refractivity contribution in [3.05, 3.63) is 56.5 Å². The van der Waals surface area contributed by atoms with E-state index in [-0.39, 0.29) is 33.3 Å². The zero-order valence-electron chi connectivity index (χ0n) is 14.3. The standard InChI is InChI=1S/C18H15ClN4O3/c1-9(2)14-15(10-4-5-13(19)12(6-10)18(25)26-3)22-16-11(7-20)8-21-23(16)17(14)24/h4-6,8-9,21H,1-3H3. The maximum atomic E-state index is 12.9. The molecule has 0 fully saturated rings. The number of benzene rings is 1. The Morgan fingerprint density at radius 2 is 2.15 bits per heavy atom. The van der Waals surface area contributed by atoms with E-state index in [2.05, 4.69) is 10.1 Å². The first-order valence-electron chi connectivity index (χ1n) is 7.81. The van der Waals surface area contributed by atoms with Gasteiger partial charge in [-0.05, 0) is 18.1 Å². The Balaban J connectivity index is 2.37. The Labute approximate surface area is 153 Å².